The van der Waals surface area contributed by atoms with Crippen LogP contribution >= 0.6 is 0 Å². The summed E-state index contributed by atoms with van der Waals surface area (Å²) in [5.74, 6) is 0.102. The number of carbonyl (C=O) groups is 2. The van der Waals surface area contributed by atoms with Crippen molar-refractivity contribution in [3.8, 4) is 0 Å². The van der Waals surface area contributed by atoms with Gasteiger partial charge in [0.15, 0.2) is 0 Å². The molecule has 6 nitrogen and oxygen atoms in total. The fourth-order valence-corrected chi connectivity index (χ4v) is 3.57. The van der Waals surface area contributed by atoms with Crippen LogP contribution in [-0.2, 0) is 16.1 Å². The van der Waals surface area contributed by atoms with Gasteiger partial charge in [-0.05, 0) is 31.7 Å². The first-order valence-corrected chi connectivity index (χ1v) is 9.18. The summed E-state index contributed by atoms with van der Waals surface area (Å²) >= 11 is 0. The summed E-state index contributed by atoms with van der Waals surface area (Å²) in [6, 6.07) is 11.3. The number of aryl methyl sites for hydroxylation is 1. The highest BCUT2D eigenvalue weighted by Crippen LogP contribution is 2.33. The van der Waals surface area contributed by atoms with Gasteiger partial charge in [0.25, 0.3) is 11.8 Å². The number of carbonyl (C=O) groups excluding carboxylic acids is 2. The van der Waals surface area contributed by atoms with Crippen LogP contribution in [0.1, 0.15) is 16.9 Å². The summed E-state index contributed by atoms with van der Waals surface area (Å²) in [6.07, 6.45) is 1.55. The van der Waals surface area contributed by atoms with Crippen molar-refractivity contribution in [3.05, 3.63) is 65.2 Å². The molecular weight excluding hydrogens is 342 g/mol. The van der Waals surface area contributed by atoms with Crippen LogP contribution in [-0.4, -0.2) is 59.7 Å². The molecule has 2 aliphatic heterocycles. The Labute approximate surface area is 158 Å². The first-order chi connectivity index (χ1) is 13.0. The number of piperazine rings is 1. The molecule has 0 radical (unpaired) electrons. The van der Waals surface area contributed by atoms with Crippen LogP contribution in [0, 0.1) is 6.92 Å². The lowest BCUT2D eigenvalue weighted by atomic mass is 10.0. The Morgan fingerprint density at radius 3 is 2.30 bits per heavy atom. The molecule has 1 aromatic carbocycles. The van der Waals surface area contributed by atoms with Crippen molar-refractivity contribution in [2.45, 2.75) is 13.5 Å². The van der Waals surface area contributed by atoms with Crippen LogP contribution in [0.5, 0.6) is 0 Å². The van der Waals surface area contributed by atoms with Gasteiger partial charge in [0, 0.05) is 26.2 Å². The molecule has 2 amide bonds. The zero-order valence-corrected chi connectivity index (χ0v) is 15.6. The van der Waals surface area contributed by atoms with E-state index in [-0.39, 0.29) is 18.4 Å². The van der Waals surface area contributed by atoms with E-state index in [2.05, 4.69) is 16.8 Å². The minimum absolute atomic E-state index is 0.150. The number of furan rings is 1. The Morgan fingerprint density at radius 2 is 1.67 bits per heavy atom. The molecule has 0 unspecified atom stereocenters. The molecule has 3 heterocycles. The summed E-state index contributed by atoms with van der Waals surface area (Å²) in [7, 11) is 2.07. The Bertz CT molecular complexity index is 876. The minimum atomic E-state index is -0.255. The van der Waals surface area contributed by atoms with Gasteiger partial charge in [-0.25, -0.2) is 0 Å². The number of rotatable bonds is 4. The highest BCUT2D eigenvalue weighted by molar-refractivity contribution is 6.35. The van der Waals surface area contributed by atoms with Gasteiger partial charge < -0.3 is 14.2 Å². The Morgan fingerprint density at radius 1 is 0.963 bits per heavy atom. The Hall–Kier alpha value is -2.86. The standard InChI is InChI=1S/C21H23N3O3/c1-15-5-7-16(8-6-15)18-19(23-11-9-22(2)10-12-23)21(26)24(20(18)25)14-17-4-3-13-27-17/h3-8,13H,9-12,14H2,1-2H3. The molecule has 1 aromatic heterocycles. The molecule has 2 aliphatic rings. The van der Waals surface area contributed by atoms with E-state index in [9.17, 15) is 9.59 Å². The normalized spacial score (nSPS) is 18.7. The number of hydrogen-bond acceptors (Lipinski definition) is 5. The second-order valence-corrected chi connectivity index (χ2v) is 7.16. The second-order valence-electron chi connectivity index (χ2n) is 7.16. The fourth-order valence-electron chi connectivity index (χ4n) is 3.57. The topological polar surface area (TPSA) is 57.0 Å². The molecule has 140 valence electrons. The maximum atomic E-state index is 13.2. The average molecular weight is 365 g/mol. The van der Waals surface area contributed by atoms with E-state index < -0.39 is 0 Å². The number of nitrogens with zero attached hydrogens (tertiary/aromatic N) is 3. The van der Waals surface area contributed by atoms with E-state index in [1.165, 1.54) is 4.90 Å². The van der Waals surface area contributed by atoms with Crippen LogP contribution in [0.3, 0.4) is 0 Å². The number of benzene rings is 1. The average Bonchev–Trinajstić information content (AvgIpc) is 3.26. The van der Waals surface area contributed by atoms with E-state index in [1.54, 1.807) is 18.4 Å². The molecule has 2 aromatic rings. The molecule has 0 atom stereocenters. The number of likely N-dealkylation sites (N-methyl/N-ethyl adjacent to an activating group) is 1. The highest BCUT2D eigenvalue weighted by Gasteiger charge is 2.42. The van der Waals surface area contributed by atoms with Gasteiger partial charge >= 0.3 is 0 Å². The smallest absolute Gasteiger partial charge is 0.278 e. The molecule has 4 rings (SSSR count). The van der Waals surface area contributed by atoms with Crippen LogP contribution in [0.2, 0.25) is 0 Å². The van der Waals surface area contributed by atoms with Gasteiger partial charge in [-0.1, -0.05) is 29.8 Å². The first-order valence-electron chi connectivity index (χ1n) is 9.18. The number of imide groups is 1. The van der Waals surface area contributed by atoms with Crippen LogP contribution in [0.25, 0.3) is 5.57 Å². The lowest BCUT2D eigenvalue weighted by molar-refractivity contribution is -0.138. The van der Waals surface area contributed by atoms with E-state index in [4.69, 9.17) is 4.42 Å². The lowest BCUT2D eigenvalue weighted by Gasteiger charge is -2.34. The van der Waals surface area contributed by atoms with Crippen LogP contribution < -0.4 is 0 Å². The van der Waals surface area contributed by atoms with Crippen molar-refractivity contribution in [1.82, 2.24) is 14.7 Å². The largest absolute Gasteiger partial charge is 0.467 e. The number of amides is 2. The van der Waals surface area contributed by atoms with E-state index in [0.717, 1.165) is 37.3 Å². The van der Waals surface area contributed by atoms with Crippen molar-refractivity contribution < 1.29 is 14.0 Å². The highest BCUT2D eigenvalue weighted by atomic mass is 16.3. The molecule has 1 saturated heterocycles. The third kappa shape index (κ3) is 3.28. The lowest BCUT2D eigenvalue weighted by Crippen LogP contribution is -2.45. The predicted molar refractivity (Wildman–Crippen MR) is 101 cm³/mol. The van der Waals surface area contributed by atoms with Gasteiger partial charge in [0.05, 0.1) is 18.4 Å². The quantitative estimate of drug-likeness (QED) is 0.777. The van der Waals surface area contributed by atoms with Gasteiger partial charge in [-0.2, -0.15) is 0 Å². The summed E-state index contributed by atoms with van der Waals surface area (Å²) < 4.78 is 5.36. The van der Waals surface area contributed by atoms with Crippen LogP contribution in [0.4, 0.5) is 0 Å². The summed E-state index contributed by atoms with van der Waals surface area (Å²) in [5.41, 5.74) is 2.92. The van der Waals surface area contributed by atoms with E-state index in [1.807, 2.05) is 31.2 Å². The van der Waals surface area contributed by atoms with Gasteiger partial charge in [-0.15, -0.1) is 0 Å². The monoisotopic (exact) mass is 365 g/mol. The summed E-state index contributed by atoms with van der Waals surface area (Å²) in [4.78, 5) is 32.0. The predicted octanol–water partition coefficient (Wildman–Crippen LogP) is 2.12. The van der Waals surface area contributed by atoms with Crippen molar-refractivity contribution in [3.63, 3.8) is 0 Å². The zero-order valence-electron chi connectivity index (χ0n) is 15.6. The SMILES string of the molecule is Cc1ccc(C2=C(N3CCN(C)CC3)C(=O)N(Cc3ccco3)C2=O)cc1. The van der Waals surface area contributed by atoms with Crippen LogP contribution in [0.15, 0.2) is 52.8 Å². The number of hydrogen-bond donors (Lipinski definition) is 0. The zero-order chi connectivity index (χ0) is 19.0. The maximum Gasteiger partial charge on any atom is 0.278 e. The third-order valence-corrected chi connectivity index (χ3v) is 5.20. The summed E-state index contributed by atoms with van der Waals surface area (Å²) in [6.45, 7) is 5.35. The third-order valence-electron chi connectivity index (χ3n) is 5.20. The van der Waals surface area contributed by atoms with Crippen molar-refractivity contribution >= 4 is 17.4 Å². The van der Waals surface area contributed by atoms with E-state index >= 15 is 0 Å². The van der Waals surface area contributed by atoms with Crippen molar-refractivity contribution in [2.75, 3.05) is 33.2 Å². The van der Waals surface area contributed by atoms with E-state index in [0.29, 0.717) is 17.0 Å². The van der Waals surface area contributed by atoms with Gasteiger partial charge in [-0.3, -0.25) is 14.5 Å². The molecule has 0 bridgehead atoms. The van der Waals surface area contributed by atoms with Gasteiger partial charge in [0.1, 0.15) is 11.5 Å². The Kier molecular flexibility index (Phi) is 4.58. The molecule has 0 aliphatic carbocycles. The fraction of sp³-hybridized carbons (Fsp3) is 0.333. The molecule has 6 heteroatoms. The van der Waals surface area contributed by atoms with Crippen molar-refractivity contribution in [1.29, 1.82) is 0 Å². The Balaban J connectivity index is 1.73. The second kappa shape index (κ2) is 7.04. The molecule has 1 fully saturated rings. The summed E-state index contributed by atoms with van der Waals surface area (Å²) in [5, 5.41) is 0. The molecule has 0 N–H and O–H groups in total. The van der Waals surface area contributed by atoms with Gasteiger partial charge in [0.2, 0.25) is 0 Å². The molecule has 0 saturated carbocycles. The first kappa shape index (κ1) is 17.5. The molecular formula is C21H23N3O3. The molecule has 27 heavy (non-hydrogen) atoms. The maximum absolute atomic E-state index is 13.2. The minimum Gasteiger partial charge on any atom is -0.467 e. The van der Waals surface area contributed by atoms with Crippen molar-refractivity contribution in [2.24, 2.45) is 0 Å². The molecule has 0 spiro atoms.